The second kappa shape index (κ2) is 4.09. The normalized spacial score (nSPS) is 12.9. The van der Waals surface area contributed by atoms with Crippen LogP contribution < -0.4 is 0 Å². The molecule has 90 valence electrons. The van der Waals surface area contributed by atoms with Crippen molar-refractivity contribution in [3.05, 3.63) is 34.9 Å². The molecule has 1 N–H and O–H groups in total. The van der Waals surface area contributed by atoms with Crippen molar-refractivity contribution >= 4 is 0 Å². The topological polar surface area (TPSA) is 20.2 Å². The maximum absolute atomic E-state index is 12.6. The van der Waals surface area contributed by atoms with E-state index in [9.17, 15) is 18.3 Å². The van der Waals surface area contributed by atoms with E-state index in [0.717, 1.165) is 6.07 Å². The van der Waals surface area contributed by atoms with E-state index in [4.69, 9.17) is 0 Å². The Morgan fingerprint density at radius 3 is 2.19 bits per heavy atom. The average molecular weight is 232 g/mol. The van der Waals surface area contributed by atoms with Crippen LogP contribution in [0.1, 0.15) is 30.5 Å². The third kappa shape index (κ3) is 3.52. The fourth-order valence-corrected chi connectivity index (χ4v) is 1.58. The molecule has 4 heteroatoms. The lowest BCUT2D eigenvalue weighted by molar-refractivity contribution is -0.138. The van der Waals surface area contributed by atoms with Crippen LogP contribution in [-0.4, -0.2) is 10.7 Å². The first-order chi connectivity index (χ1) is 7.09. The van der Waals surface area contributed by atoms with Crippen LogP contribution >= 0.6 is 0 Å². The second-order valence-electron chi connectivity index (χ2n) is 4.64. The molecule has 0 aliphatic heterocycles. The molecule has 16 heavy (non-hydrogen) atoms. The van der Waals surface area contributed by atoms with Crippen LogP contribution in [0.4, 0.5) is 13.2 Å². The molecule has 1 rings (SSSR count). The van der Waals surface area contributed by atoms with E-state index in [1.54, 1.807) is 19.9 Å². The number of alkyl halides is 3. The van der Waals surface area contributed by atoms with Crippen LogP contribution in [-0.2, 0) is 12.6 Å². The van der Waals surface area contributed by atoms with E-state index in [1.807, 2.05) is 0 Å². The first kappa shape index (κ1) is 13.0. The van der Waals surface area contributed by atoms with Gasteiger partial charge < -0.3 is 5.11 Å². The highest BCUT2D eigenvalue weighted by Gasteiger charge is 2.32. The highest BCUT2D eigenvalue weighted by atomic mass is 19.4. The Hall–Kier alpha value is -1.03. The molecule has 0 fully saturated rings. The van der Waals surface area contributed by atoms with Crippen molar-refractivity contribution in [2.45, 2.75) is 39.0 Å². The Balaban J connectivity index is 3.09. The van der Waals surface area contributed by atoms with Gasteiger partial charge in [-0.15, -0.1) is 0 Å². The zero-order chi connectivity index (χ0) is 12.6. The summed E-state index contributed by atoms with van der Waals surface area (Å²) < 4.78 is 37.8. The molecule has 0 radical (unpaired) electrons. The van der Waals surface area contributed by atoms with E-state index in [2.05, 4.69) is 0 Å². The number of benzene rings is 1. The van der Waals surface area contributed by atoms with Gasteiger partial charge in [0.05, 0.1) is 11.2 Å². The van der Waals surface area contributed by atoms with Gasteiger partial charge in [0, 0.05) is 6.42 Å². The predicted octanol–water partition coefficient (Wildman–Crippen LogP) is 3.33. The van der Waals surface area contributed by atoms with Gasteiger partial charge in [-0.05, 0) is 38.0 Å². The van der Waals surface area contributed by atoms with E-state index in [1.165, 1.54) is 13.0 Å². The summed E-state index contributed by atoms with van der Waals surface area (Å²) in [5.41, 5.74) is -0.940. The fourth-order valence-electron chi connectivity index (χ4n) is 1.58. The first-order valence-electron chi connectivity index (χ1n) is 4.99. The molecular weight excluding hydrogens is 217 g/mol. The number of halogens is 3. The molecule has 0 bridgehead atoms. The minimum Gasteiger partial charge on any atom is -0.390 e. The molecule has 0 amide bonds. The van der Waals surface area contributed by atoms with Gasteiger partial charge in [-0.2, -0.15) is 13.2 Å². The maximum atomic E-state index is 12.6. The molecule has 0 aliphatic carbocycles. The van der Waals surface area contributed by atoms with Crippen LogP contribution in [0, 0.1) is 6.92 Å². The van der Waals surface area contributed by atoms with Crippen molar-refractivity contribution in [3.8, 4) is 0 Å². The van der Waals surface area contributed by atoms with Crippen LogP contribution in [0.25, 0.3) is 0 Å². The predicted molar refractivity (Wildman–Crippen MR) is 56.2 cm³/mol. The summed E-state index contributed by atoms with van der Waals surface area (Å²) in [6.07, 6.45) is -4.13. The van der Waals surface area contributed by atoms with E-state index < -0.39 is 17.3 Å². The zero-order valence-corrected chi connectivity index (χ0v) is 9.52. The lowest BCUT2D eigenvalue weighted by atomic mass is 9.95. The average Bonchev–Trinajstić information content (AvgIpc) is 2.04. The molecule has 0 aromatic heterocycles. The van der Waals surface area contributed by atoms with Gasteiger partial charge in [0.25, 0.3) is 0 Å². The SMILES string of the molecule is Cc1ccc(CC(C)(C)O)cc1C(F)(F)F. The monoisotopic (exact) mass is 232 g/mol. The largest absolute Gasteiger partial charge is 0.416 e. The molecule has 1 aromatic rings. The van der Waals surface area contributed by atoms with Gasteiger partial charge in [-0.25, -0.2) is 0 Å². The number of hydrogen-bond donors (Lipinski definition) is 1. The summed E-state index contributed by atoms with van der Waals surface area (Å²) >= 11 is 0. The van der Waals surface area contributed by atoms with E-state index >= 15 is 0 Å². The number of rotatable bonds is 2. The van der Waals surface area contributed by atoms with Crippen molar-refractivity contribution in [1.82, 2.24) is 0 Å². The zero-order valence-electron chi connectivity index (χ0n) is 9.52. The molecule has 0 atom stereocenters. The van der Waals surface area contributed by atoms with Crippen LogP contribution in [0.5, 0.6) is 0 Å². The van der Waals surface area contributed by atoms with Gasteiger partial charge in [0.15, 0.2) is 0 Å². The molecule has 0 aliphatic rings. The van der Waals surface area contributed by atoms with Gasteiger partial charge in [0.2, 0.25) is 0 Å². The smallest absolute Gasteiger partial charge is 0.390 e. The van der Waals surface area contributed by atoms with Crippen LogP contribution in [0.3, 0.4) is 0 Å². The fraction of sp³-hybridized carbons (Fsp3) is 0.500. The Bertz CT molecular complexity index is 375. The summed E-state index contributed by atoms with van der Waals surface area (Å²) in [7, 11) is 0. The summed E-state index contributed by atoms with van der Waals surface area (Å²) in [6.45, 7) is 4.57. The van der Waals surface area contributed by atoms with Gasteiger partial charge in [-0.1, -0.05) is 12.1 Å². The Kier molecular flexibility index (Phi) is 3.33. The van der Waals surface area contributed by atoms with Gasteiger partial charge in [-0.3, -0.25) is 0 Å². The third-order valence-electron chi connectivity index (χ3n) is 2.24. The molecule has 1 nitrogen and oxygen atoms in total. The maximum Gasteiger partial charge on any atom is 0.416 e. The lowest BCUT2D eigenvalue weighted by Gasteiger charge is -2.18. The van der Waals surface area contributed by atoms with Crippen LogP contribution in [0.2, 0.25) is 0 Å². The Labute approximate surface area is 92.9 Å². The summed E-state index contributed by atoms with van der Waals surface area (Å²) in [5, 5.41) is 9.55. The Morgan fingerprint density at radius 1 is 1.19 bits per heavy atom. The first-order valence-corrected chi connectivity index (χ1v) is 4.99. The highest BCUT2D eigenvalue weighted by molar-refractivity contribution is 5.33. The standard InChI is InChI=1S/C12H15F3O/c1-8-4-5-9(7-11(2,3)16)6-10(8)12(13,14)15/h4-6,16H,7H2,1-3H3. The third-order valence-corrected chi connectivity index (χ3v) is 2.24. The summed E-state index contributed by atoms with van der Waals surface area (Å²) in [5.74, 6) is 0. The number of hydrogen-bond acceptors (Lipinski definition) is 1. The number of aryl methyl sites for hydroxylation is 1. The van der Waals surface area contributed by atoms with Crippen molar-refractivity contribution < 1.29 is 18.3 Å². The van der Waals surface area contributed by atoms with Gasteiger partial charge >= 0.3 is 6.18 Å². The molecule has 0 unspecified atom stereocenters. The summed E-state index contributed by atoms with van der Waals surface area (Å²) in [4.78, 5) is 0. The minimum atomic E-state index is -4.33. The highest BCUT2D eigenvalue weighted by Crippen LogP contribution is 2.32. The van der Waals surface area contributed by atoms with Crippen molar-refractivity contribution in [2.75, 3.05) is 0 Å². The molecule has 0 spiro atoms. The lowest BCUT2D eigenvalue weighted by Crippen LogP contribution is -2.22. The molecule has 0 heterocycles. The van der Waals surface area contributed by atoms with Crippen LogP contribution in [0.15, 0.2) is 18.2 Å². The number of aliphatic hydroxyl groups is 1. The molecular formula is C12H15F3O. The van der Waals surface area contributed by atoms with E-state index in [0.29, 0.717) is 5.56 Å². The molecule has 0 saturated carbocycles. The van der Waals surface area contributed by atoms with Crippen molar-refractivity contribution in [1.29, 1.82) is 0 Å². The Morgan fingerprint density at radius 2 is 1.75 bits per heavy atom. The van der Waals surface area contributed by atoms with E-state index in [-0.39, 0.29) is 12.0 Å². The minimum absolute atomic E-state index is 0.201. The second-order valence-corrected chi connectivity index (χ2v) is 4.64. The summed E-state index contributed by atoms with van der Waals surface area (Å²) in [6, 6.07) is 4.15. The molecule has 1 aromatic carbocycles. The van der Waals surface area contributed by atoms with Gasteiger partial charge in [0.1, 0.15) is 0 Å². The molecule has 0 saturated heterocycles. The van der Waals surface area contributed by atoms with Crippen molar-refractivity contribution in [2.24, 2.45) is 0 Å². The van der Waals surface area contributed by atoms with Crippen molar-refractivity contribution in [3.63, 3.8) is 0 Å². The quantitative estimate of drug-likeness (QED) is 0.829.